The Morgan fingerprint density at radius 3 is 2.44 bits per heavy atom. The maximum absolute atomic E-state index is 13.2. The summed E-state index contributed by atoms with van der Waals surface area (Å²) < 4.78 is 6.31. The number of amides is 1. The molecule has 1 heterocycles. The normalized spacial score (nSPS) is 23.1. The van der Waals surface area contributed by atoms with E-state index >= 15 is 0 Å². The Morgan fingerprint density at radius 1 is 1.09 bits per heavy atom. The van der Waals surface area contributed by atoms with Crippen molar-refractivity contribution in [3.8, 4) is 11.8 Å². The van der Waals surface area contributed by atoms with Crippen molar-refractivity contribution >= 4 is 17.5 Å². The van der Waals surface area contributed by atoms with Gasteiger partial charge in [-0.25, -0.2) is 0 Å². The van der Waals surface area contributed by atoms with Crippen molar-refractivity contribution in [1.29, 1.82) is 5.26 Å². The number of fused-ring (bicyclic) bond motifs is 1. The second kappa shape index (κ2) is 8.42. The summed E-state index contributed by atoms with van der Waals surface area (Å²) in [6.07, 6.45) is 1.82. The standard InChI is InChI=1S/C26H30ClN3O2/c1-25(2)23(26(3,4)24(25)32-20-8-7-19(15-28)21(27)14-20)30-22(31)18-6-5-16-9-11-29-12-10-17(16)13-18/h5-8,13-14,23-24,29H,9-12H2,1-4H3,(H,30,31). The minimum Gasteiger partial charge on any atom is -0.489 e. The number of halogens is 1. The highest BCUT2D eigenvalue weighted by Crippen LogP contribution is 2.55. The van der Waals surface area contributed by atoms with Crippen LogP contribution >= 0.6 is 11.6 Å². The van der Waals surface area contributed by atoms with Gasteiger partial charge in [0.05, 0.1) is 10.6 Å². The number of carbonyl (C=O) groups is 1. The van der Waals surface area contributed by atoms with E-state index in [2.05, 4.69) is 50.5 Å². The third-order valence-corrected chi connectivity index (χ3v) is 7.35. The van der Waals surface area contributed by atoms with Gasteiger partial charge in [0, 0.05) is 28.5 Å². The first-order chi connectivity index (χ1) is 15.1. The zero-order valence-electron chi connectivity index (χ0n) is 19.1. The third kappa shape index (κ3) is 3.98. The van der Waals surface area contributed by atoms with Crippen LogP contribution in [0.5, 0.6) is 5.75 Å². The third-order valence-electron chi connectivity index (χ3n) is 7.04. The number of nitrogens with zero attached hydrogens (tertiary/aromatic N) is 1. The summed E-state index contributed by atoms with van der Waals surface area (Å²) in [5, 5.41) is 16.2. The Balaban J connectivity index is 1.49. The van der Waals surface area contributed by atoms with Crippen LogP contribution in [0.2, 0.25) is 5.02 Å². The first-order valence-corrected chi connectivity index (χ1v) is 11.5. The maximum Gasteiger partial charge on any atom is 0.251 e. The summed E-state index contributed by atoms with van der Waals surface area (Å²) in [5.74, 6) is 0.584. The Labute approximate surface area is 195 Å². The number of ether oxygens (including phenoxy) is 1. The molecule has 0 saturated heterocycles. The number of benzene rings is 2. The maximum atomic E-state index is 13.2. The van der Waals surface area contributed by atoms with Crippen molar-refractivity contribution < 1.29 is 9.53 Å². The number of rotatable bonds is 4. The van der Waals surface area contributed by atoms with E-state index in [9.17, 15) is 4.79 Å². The number of hydrogen-bond donors (Lipinski definition) is 2. The molecule has 32 heavy (non-hydrogen) atoms. The molecule has 0 spiro atoms. The number of carbonyl (C=O) groups excluding carboxylic acids is 1. The molecule has 2 aliphatic rings. The Hall–Kier alpha value is -2.55. The zero-order chi connectivity index (χ0) is 23.1. The molecule has 1 aliphatic heterocycles. The first kappa shape index (κ1) is 22.6. The molecule has 168 valence electrons. The van der Waals surface area contributed by atoms with Crippen molar-refractivity contribution in [3.05, 3.63) is 63.7 Å². The molecule has 1 fully saturated rings. The molecule has 2 aromatic rings. The van der Waals surface area contributed by atoms with Gasteiger partial charge >= 0.3 is 0 Å². The fourth-order valence-electron chi connectivity index (χ4n) is 5.63. The smallest absolute Gasteiger partial charge is 0.251 e. The van der Waals surface area contributed by atoms with Crippen LogP contribution < -0.4 is 15.4 Å². The molecule has 2 N–H and O–H groups in total. The van der Waals surface area contributed by atoms with Crippen LogP contribution in [0, 0.1) is 22.2 Å². The molecule has 6 heteroatoms. The summed E-state index contributed by atoms with van der Waals surface area (Å²) >= 11 is 6.18. The summed E-state index contributed by atoms with van der Waals surface area (Å²) in [6.45, 7) is 10.4. The van der Waals surface area contributed by atoms with Gasteiger partial charge in [0.1, 0.15) is 17.9 Å². The van der Waals surface area contributed by atoms with E-state index in [1.165, 1.54) is 11.1 Å². The summed E-state index contributed by atoms with van der Waals surface area (Å²) in [6, 6.07) is 13.2. The van der Waals surface area contributed by atoms with E-state index in [1.54, 1.807) is 18.2 Å². The van der Waals surface area contributed by atoms with Crippen LogP contribution in [0.25, 0.3) is 0 Å². The van der Waals surface area contributed by atoms with E-state index in [0.717, 1.165) is 25.9 Å². The Kier molecular flexibility index (Phi) is 5.96. The monoisotopic (exact) mass is 451 g/mol. The van der Waals surface area contributed by atoms with Crippen LogP contribution in [0.1, 0.15) is 54.7 Å². The molecule has 0 bridgehead atoms. The minimum atomic E-state index is -0.283. The van der Waals surface area contributed by atoms with Crippen LogP contribution in [0.3, 0.4) is 0 Å². The lowest BCUT2D eigenvalue weighted by Gasteiger charge is -2.63. The summed E-state index contributed by atoms with van der Waals surface area (Å²) in [4.78, 5) is 13.2. The molecular weight excluding hydrogens is 422 g/mol. The van der Waals surface area contributed by atoms with Crippen molar-refractivity contribution in [2.45, 2.75) is 52.7 Å². The second-order valence-corrected chi connectivity index (χ2v) is 10.4. The largest absolute Gasteiger partial charge is 0.489 e. The van der Waals surface area contributed by atoms with Crippen molar-refractivity contribution in [2.24, 2.45) is 10.8 Å². The van der Waals surface area contributed by atoms with Gasteiger partial charge in [-0.1, -0.05) is 45.4 Å². The lowest BCUT2D eigenvalue weighted by Crippen LogP contribution is -2.74. The van der Waals surface area contributed by atoms with Crippen LogP contribution in [0.15, 0.2) is 36.4 Å². The zero-order valence-corrected chi connectivity index (χ0v) is 19.8. The second-order valence-electron chi connectivity index (χ2n) is 10.0. The molecule has 1 saturated carbocycles. The summed E-state index contributed by atoms with van der Waals surface area (Å²) in [7, 11) is 0. The van der Waals surface area contributed by atoms with Gasteiger partial charge in [0.2, 0.25) is 0 Å². The molecule has 1 aliphatic carbocycles. The first-order valence-electron chi connectivity index (χ1n) is 11.1. The molecule has 2 aromatic carbocycles. The van der Waals surface area contributed by atoms with E-state index in [4.69, 9.17) is 21.6 Å². The average molecular weight is 452 g/mol. The highest BCUT2D eigenvalue weighted by Gasteiger charge is 2.64. The van der Waals surface area contributed by atoms with Crippen LogP contribution in [0.4, 0.5) is 0 Å². The quantitative estimate of drug-likeness (QED) is 0.717. The molecule has 0 atom stereocenters. The van der Waals surface area contributed by atoms with Gasteiger partial charge in [-0.05, 0) is 61.3 Å². The van der Waals surface area contributed by atoms with Gasteiger partial charge in [-0.3, -0.25) is 4.79 Å². The SMILES string of the molecule is CC1(C)C(NC(=O)c2ccc3c(c2)CCNCC3)C(C)(C)C1Oc1ccc(C#N)c(Cl)c1. The average Bonchev–Trinajstić information content (AvgIpc) is 3.00. The molecule has 0 unspecified atom stereocenters. The number of hydrogen-bond acceptors (Lipinski definition) is 4. The fourth-order valence-corrected chi connectivity index (χ4v) is 5.84. The fraction of sp³-hybridized carbons (Fsp3) is 0.462. The van der Waals surface area contributed by atoms with E-state index in [1.807, 2.05) is 12.1 Å². The molecule has 5 nitrogen and oxygen atoms in total. The van der Waals surface area contributed by atoms with E-state index in [0.29, 0.717) is 21.9 Å². The molecule has 0 aromatic heterocycles. The highest BCUT2D eigenvalue weighted by molar-refractivity contribution is 6.31. The van der Waals surface area contributed by atoms with Crippen molar-refractivity contribution in [1.82, 2.24) is 10.6 Å². The predicted octanol–water partition coefficient (Wildman–Crippen LogP) is 4.51. The molecule has 0 radical (unpaired) electrons. The minimum absolute atomic E-state index is 0.0453. The number of nitriles is 1. The van der Waals surface area contributed by atoms with Gasteiger partial charge in [0.15, 0.2) is 0 Å². The van der Waals surface area contributed by atoms with Gasteiger partial charge in [0.25, 0.3) is 5.91 Å². The lowest BCUT2D eigenvalue weighted by atomic mass is 9.49. The number of nitrogens with one attached hydrogen (secondary N) is 2. The van der Waals surface area contributed by atoms with Crippen molar-refractivity contribution in [3.63, 3.8) is 0 Å². The van der Waals surface area contributed by atoms with Gasteiger partial charge in [-0.2, -0.15) is 5.26 Å². The van der Waals surface area contributed by atoms with E-state index < -0.39 is 0 Å². The van der Waals surface area contributed by atoms with Crippen molar-refractivity contribution in [2.75, 3.05) is 13.1 Å². The Morgan fingerprint density at radius 2 is 1.78 bits per heavy atom. The molecular formula is C26H30ClN3O2. The highest BCUT2D eigenvalue weighted by atomic mass is 35.5. The lowest BCUT2D eigenvalue weighted by molar-refractivity contribution is -0.164. The molecule has 4 rings (SSSR count). The topological polar surface area (TPSA) is 74.2 Å². The van der Waals surface area contributed by atoms with Gasteiger partial charge in [-0.15, -0.1) is 0 Å². The predicted molar refractivity (Wildman–Crippen MR) is 126 cm³/mol. The van der Waals surface area contributed by atoms with E-state index in [-0.39, 0.29) is 28.9 Å². The van der Waals surface area contributed by atoms with Crippen LogP contribution in [-0.4, -0.2) is 31.1 Å². The van der Waals surface area contributed by atoms with Crippen LogP contribution in [-0.2, 0) is 12.8 Å². The summed E-state index contributed by atoms with van der Waals surface area (Å²) in [5.41, 5.74) is 3.15. The molecule has 1 amide bonds. The Bertz CT molecular complexity index is 1070. The van der Waals surface area contributed by atoms with Gasteiger partial charge < -0.3 is 15.4 Å².